The molecule has 1 heterocycles. The number of esters is 1. The summed E-state index contributed by atoms with van der Waals surface area (Å²) in [7, 11) is 2.86. The molecular formula is C36H37IN4O8. The monoisotopic (exact) mass is 780 g/mol. The highest BCUT2D eigenvalue weighted by Crippen LogP contribution is 2.36. The summed E-state index contributed by atoms with van der Waals surface area (Å²) in [4.78, 5) is 24.7. The molecule has 2 atom stereocenters. The molecule has 0 radical (unpaired) electrons. The van der Waals surface area contributed by atoms with Gasteiger partial charge in [-0.05, 0) is 88.2 Å². The minimum Gasteiger partial charge on any atom is -0.493 e. The van der Waals surface area contributed by atoms with Crippen LogP contribution < -0.4 is 35.0 Å². The highest BCUT2D eigenvalue weighted by molar-refractivity contribution is 14.1. The number of ether oxygens (including phenoxy) is 5. The number of hydrazone groups is 1. The molecule has 4 aromatic carbocycles. The van der Waals surface area contributed by atoms with Gasteiger partial charge in [-0.2, -0.15) is 5.10 Å². The second kappa shape index (κ2) is 16.4. The van der Waals surface area contributed by atoms with E-state index in [1.807, 2.05) is 37.3 Å². The first-order chi connectivity index (χ1) is 23.7. The minimum atomic E-state index is -1.16. The van der Waals surface area contributed by atoms with Crippen LogP contribution in [0.4, 0.5) is 4.79 Å². The second-order valence-electron chi connectivity index (χ2n) is 10.9. The number of benzene rings is 4. The number of fused-ring (bicyclic) bond motifs is 1. The van der Waals surface area contributed by atoms with Crippen molar-refractivity contribution in [3.63, 3.8) is 0 Å². The van der Waals surface area contributed by atoms with Crippen LogP contribution in [0.15, 0.2) is 89.2 Å². The van der Waals surface area contributed by atoms with Crippen LogP contribution in [-0.2, 0) is 16.1 Å². The predicted molar refractivity (Wildman–Crippen MR) is 193 cm³/mol. The van der Waals surface area contributed by atoms with E-state index in [4.69, 9.17) is 23.7 Å². The third-order valence-corrected chi connectivity index (χ3v) is 8.41. The van der Waals surface area contributed by atoms with E-state index in [1.165, 1.54) is 7.11 Å². The second-order valence-corrected chi connectivity index (χ2v) is 12.0. The maximum atomic E-state index is 12.5. The Kier molecular flexibility index (Phi) is 11.8. The number of nitrogens with one attached hydrogen (secondary N) is 3. The number of carbonyl (C=O) groups is 2. The van der Waals surface area contributed by atoms with Crippen molar-refractivity contribution in [1.29, 1.82) is 0 Å². The maximum absolute atomic E-state index is 12.5. The number of hydrogen-bond acceptors (Lipinski definition) is 10. The van der Waals surface area contributed by atoms with Gasteiger partial charge >= 0.3 is 12.0 Å². The first kappa shape index (κ1) is 35.3. The van der Waals surface area contributed by atoms with Gasteiger partial charge in [0.2, 0.25) is 0 Å². The van der Waals surface area contributed by atoms with Gasteiger partial charge in [0.25, 0.3) is 0 Å². The van der Waals surface area contributed by atoms with Crippen molar-refractivity contribution in [2.24, 2.45) is 5.10 Å². The average molecular weight is 781 g/mol. The van der Waals surface area contributed by atoms with Gasteiger partial charge in [0.05, 0.1) is 42.2 Å². The fourth-order valence-corrected chi connectivity index (χ4v) is 6.12. The molecule has 0 saturated carbocycles. The van der Waals surface area contributed by atoms with Gasteiger partial charge in [-0.1, -0.05) is 48.5 Å². The fraction of sp³-hybridized carbons (Fsp3) is 0.250. The summed E-state index contributed by atoms with van der Waals surface area (Å²) < 4.78 is 29.2. The number of halogens is 1. The van der Waals surface area contributed by atoms with Crippen LogP contribution in [-0.4, -0.2) is 57.0 Å². The smallest absolute Gasteiger partial charge is 0.337 e. The highest BCUT2D eigenvalue weighted by Gasteiger charge is 2.32. The molecular weight excluding hydrogens is 743 g/mol. The van der Waals surface area contributed by atoms with Gasteiger partial charge in [-0.3, -0.25) is 5.43 Å². The lowest BCUT2D eigenvalue weighted by molar-refractivity contribution is -0.136. The molecule has 0 fully saturated rings. The number of methoxy groups -OCH3 is 2. The molecule has 0 aliphatic carbocycles. The van der Waals surface area contributed by atoms with Crippen molar-refractivity contribution in [3.05, 3.63) is 104 Å². The lowest BCUT2D eigenvalue weighted by Gasteiger charge is -2.28. The Bertz CT molecular complexity index is 1890. The highest BCUT2D eigenvalue weighted by atomic mass is 127. The van der Waals surface area contributed by atoms with Crippen molar-refractivity contribution in [3.8, 4) is 23.0 Å². The number of allylic oxidation sites excluding steroid dienone is 1. The van der Waals surface area contributed by atoms with Crippen LogP contribution in [0.2, 0.25) is 0 Å². The van der Waals surface area contributed by atoms with Crippen molar-refractivity contribution in [1.82, 2.24) is 16.1 Å². The third kappa shape index (κ3) is 8.53. The van der Waals surface area contributed by atoms with E-state index in [1.54, 1.807) is 44.5 Å². The Balaban J connectivity index is 1.21. The van der Waals surface area contributed by atoms with Crippen LogP contribution >= 0.6 is 22.6 Å². The first-order valence-electron chi connectivity index (χ1n) is 15.4. The Morgan fingerprint density at radius 2 is 1.82 bits per heavy atom. The number of rotatable bonds is 14. The Labute approximate surface area is 297 Å². The van der Waals surface area contributed by atoms with E-state index < -0.39 is 24.3 Å². The maximum Gasteiger partial charge on any atom is 0.337 e. The van der Waals surface area contributed by atoms with Gasteiger partial charge in [-0.15, -0.1) is 0 Å². The van der Waals surface area contributed by atoms with Crippen molar-refractivity contribution in [2.75, 3.05) is 27.4 Å². The summed E-state index contributed by atoms with van der Waals surface area (Å²) in [6.07, 6.45) is 0.403. The fourth-order valence-electron chi connectivity index (χ4n) is 5.34. The quantitative estimate of drug-likeness (QED) is 0.0425. The molecule has 12 nitrogen and oxygen atoms in total. The normalized spacial score (nSPS) is 15.0. The SMILES string of the molecule is CCOc1cc([C@H]2NC(=O)NC(C)=C2C(=O)OC)ccc1OC[C@@H](O)N/N=C\c1cc(I)c(OCc2cccc3ccccc23)c(OC)c1. The summed E-state index contributed by atoms with van der Waals surface area (Å²) in [6, 6.07) is 21.8. The molecule has 49 heavy (non-hydrogen) atoms. The van der Waals surface area contributed by atoms with Crippen molar-refractivity contribution in [2.45, 2.75) is 32.7 Å². The molecule has 0 spiro atoms. The first-order valence-corrected chi connectivity index (χ1v) is 16.5. The number of amides is 2. The molecule has 1 aliphatic heterocycles. The Morgan fingerprint density at radius 1 is 1.02 bits per heavy atom. The zero-order valence-corrected chi connectivity index (χ0v) is 29.6. The molecule has 4 aromatic rings. The van der Waals surface area contributed by atoms with Crippen LogP contribution in [0.3, 0.4) is 0 Å². The topological polar surface area (TPSA) is 149 Å². The van der Waals surface area contributed by atoms with Crippen LogP contribution in [0, 0.1) is 3.57 Å². The molecule has 5 rings (SSSR count). The van der Waals surface area contributed by atoms with E-state index in [-0.39, 0.29) is 12.2 Å². The van der Waals surface area contributed by atoms with Crippen LogP contribution in [0.25, 0.3) is 10.8 Å². The summed E-state index contributed by atoms with van der Waals surface area (Å²) in [5.41, 5.74) is 5.71. The lowest BCUT2D eigenvalue weighted by atomic mass is 9.95. The standard InChI is InChI=1S/C36H37IN4O8/c1-5-47-29-17-24(33-32(35(43)46-4)21(2)39-36(44)40-33)13-14-28(29)48-20-31(42)41-38-18-22-15-27(37)34(30(16-22)45-3)49-19-25-11-8-10-23-9-6-7-12-26(23)25/h6-18,31,33,41-42H,5,19-20H2,1-4H3,(H2,39,40,44)/b38-18-/t31-,33-/m1/s1. The van der Waals surface area contributed by atoms with E-state index in [9.17, 15) is 14.7 Å². The van der Waals surface area contributed by atoms with Crippen LogP contribution in [0.1, 0.15) is 36.6 Å². The zero-order chi connectivity index (χ0) is 34.9. The number of nitrogens with zero attached hydrogens (tertiary/aromatic N) is 1. The summed E-state index contributed by atoms with van der Waals surface area (Å²) >= 11 is 2.20. The van der Waals surface area contributed by atoms with E-state index in [0.29, 0.717) is 47.5 Å². The van der Waals surface area contributed by atoms with E-state index in [0.717, 1.165) is 25.5 Å². The molecule has 2 amide bonds. The van der Waals surface area contributed by atoms with Gasteiger partial charge in [0.1, 0.15) is 13.2 Å². The van der Waals surface area contributed by atoms with Gasteiger partial charge < -0.3 is 39.4 Å². The summed E-state index contributed by atoms with van der Waals surface area (Å²) in [5, 5.41) is 22.4. The van der Waals surface area contributed by atoms with Gasteiger partial charge in [0, 0.05) is 5.70 Å². The Hall–Kier alpha value is -5.02. The molecule has 256 valence electrons. The number of carbonyl (C=O) groups excluding carboxylic acids is 2. The summed E-state index contributed by atoms with van der Waals surface area (Å²) in [6.45, 7) is 4.00. The minimum absolute atomic E-state index is 0.158. The molecule has 0 unspecified atom stereocenters. The van der Waals surface area contributed by atoms with Gasteiger partial charge in [0.15, 0.2) is 29.2 Å². The molecule has 4 N–H and O–H groups in total. The van der Waals surface area contributed by atoms with E-state index in [2.05, 4.69) is 62.0 Å². The lowest BCUT2D eigenvalue weighted by Crippen LogP contribution is -2.45. The number of aliphatic hydroxyl groups excluding tert-OH is 1. The summed E-state index contributed by atoms with van der Waals surface area (Å²) in [5.74, 6) is 1.33. The molecule has 0 bridgehead atoms. The average Bonchev–Trinajstić information content (AvgIpc) is 3.10. The van der Waals surface area contributed by atoms with Gasteiger partial charge in [-0.25, -0.2) is 9.59 Å². The largest absolute Gasteiger partial charge is 0.493 e. The van der Waals surface area contributed by atoms with Crippen molar-refractivity contribution < 1.29 is 38.4 Å². The predicted octanol–water partition coefficient (Wildman–Crippen LogP) is 5.55. The molecule has 1 aliphatic rings. The molecule has 13 heteroatoms. The number of urea groups is 1. The zero-order valence-electron chi connectivity index (χ0n) is 27.4. The van der Waals surface area contributed by atoms with Crippen LogP contribution in [0.5, 0.6) is 23.0 Å². The third-order valence-electron chi connectivity index (χ3n) is 7.61. The van der Waals surface area contributed by atoms with E-state index >= 15 is 0 Å². The van der Waals surface area contributed by atoms with Crippen molar-refractivity contribution >= 4 is 51.6 Å². The Morgan fingerprint density at radius 3 is 2.59 bits per heavy atom. The number of hydrogen-bond donors (Lipinski definition) is 4. The molecule has 0 aromatic heterocycles. The molecule has 0 saturated heterocycles. The number of aliphatic hydroxyl groups is 1.